The Bertz CT molecular complexity index is 485. The maximum Gasteiger partial charge on any atom is 0.225 e. The third kappa shape index (κ3) is 5.64. The number of amides is 1. The van der Waals surface area contributed by atoms with Gasteiger partial charge in [-0.2, -0.15) is 0 Å². The van der Waals surface area contributed by atoms with Crippen LogP contribution >= 0.6 is 35.6 Å². The molecule has 2 N–H and O–H groups in total. The van der Waals surface area contributed by atoms with Gasteiger partial charge in [0.1, 0.15) is 0 Å². The van der Waals surface area contributed by atoms with Gasteiger partial charge in [-0.25, -0.2) is 0 Å². The number of nitrogens with zero attached hydrogens (tertiary/aromatic N) is 1. The first kappa shape index (κ1) is 18.5. The molecule has 1 aliphatic rings. The lowest BCUT2D eigenvalue weighted by Crippen LogP contribution is -2.50. The van der Waals surface area contributed by atoms with Crippen molar-refractivity contribution in [1.29, 1.82) is 0 Å². The SMILES string of the molecule is C[C@@H]1CNCCN1CCC(=O)Nc1cc(Cl)ccc1Cl.Cl. The number of piperazine rings is 1. The number of halogens is 3. The topological polar surface area (TPSA) is 44.4 Å². The van der Waals surface area contributed by atoms with E-state index >= 15 is 0 Å². The van der Waals surface area contributed by atoms with Crippen molar-refractivity contribution < 1.29 is 4.79 Å². The van der Waals surface area contributed by atoms with E-state index in [2.05, 4.69) is 22.5 Å². The van der Waals surface area contributed by atoms with Gasteiger partial charge in [-0.1, -0.05) is 23.2 Å². The van der Waals surface area contributed by atoms with Gasteiger partial charge in [0.2, 0.25) is 5.91 Å². The van der Waals surface area contributed by atoms with E-state index in [-0.39, 0.29) is 18.3 Å². The largest absolute Gasteiger partial charge is 0.325 e. The summed E-state index contributed by atoms with van der Waals surface area (Å²) in [6.45, 7) is 5.85. The molecule has 0 bridgehead atoms. The van der Waals surface area contributed by atoms with Crippen LogP contribution in [-0.2, 0) is 4.79 Å². The highest BCUT2D eigenvalue weighted by atomic mass is 35.5. The van der Waals surface area contributed by atoms with E-state index < -0.39 is 0 Å². The molecule has 1 atom stereocenters. The first-order chi connectivity index (χ1) is 9.56. The third-order valence-corrected chi connectivity index (χ3v) is 4.03. The number of benzene rings is 1. The average Bonchev–Trinajstić information content (AvgIpc) is 2.42. The molecule has 2 rings (SSSR count). The molecule has 1 saturated heterocycles. The van der Waals surface area contributed by atoms with Gasteiger partial charge < -0.3 is 10.6 Å². The monoisotopic (exact) mass is 351 g/mol. The summed E-state index contributed by atoms with van der Waals surface area (Å²) in [5, 5.41) is 7.19. The number of anilines is 1. The molecule has 118 valence electrons. The van der Waals surface area contributed by atoms with Crippen LogP contribution in [0.1, 0.15) is 13.3 Å². The second-order valence-electron chi connectivity index (χ2n) is 5.01. The van der Waals surface area contributed by atoms with Gasteiger partial charge in [-0.15, -0.1) is 12.4 Å². The Labute approximate surface area is 141 Å². The summed E-state index contributed by atoms with van der Waals surface area (Å²) in [6.07, 6.45) is 0.452. The first-order valence-corrected chi connectivity index (χ1v) is 7.51. The molecule has 0 aromatic heterocycles. The molecule has 1 amide bonds. The lowest BCUT2D eigenvalue weighted by atomic mass is 10.2. The van der Waals surface area contributed by atoms with Gasteiger partial charge in [0, 0.05) is 43.7 Å². The average molecular weight is 353 g/mol. The van der Waals surface area contributed by atoms with Gasteiger partial charge in [-0.3, -0.25) is 9.69 Å². The standard InChI is InChI=1S/C14H19Cl2N3O.ClH/c1-10-9-17-5-7-19(10)6-4-14(20)18-13-8-11(15)2-3-12(13)16;/h2-3,8,10,17H,4-7,9H2,1H3,(H,18,20);1H/t10-;/m1./s1. The van der Waals surface area contributed by atoms with Crippen LogP contribution in [0.3, 0.4) is 0 Å². The highest BCUT2D eigenvalue weighted by Crippen LogP contribution is 2.25. The number of carbonyl (C=O) groups excluding carboxylic acids is 1. The molecular formula is C14H20Cl3N3O. The van der Waals surface area contributed by atoms with Crippen molar-refractivity contribution in [3.8, 4) is 0 Å². The van der Waals surface area contributed by atoms with Crippen LogP contribution in [0.25, 0.3) is 0 Å². The molecule has 0 unspecified atom stereocenters. The van der Waals surface area contributed by atoms with E-state index in [1.54, 1.807) is 18.2 Å². The van der Waals surface area contributed by atoms with Crippen molar-refractivity contribution in [2.24, 2.45) is 0 Å². The molecular weight excluding hydrogens is 333 g/mol. The van der Waals surface area contributed by atoms with Gasteiger partial charge in [0.05, 0.1) is 10.7 Å². The predicted octanol–water partition coefficient (Wildman–Crippen LogP) is 3.04. The number of hydrogen-bond acceptors (Lipinski definition) is 3. The zero-order valence-corrected chi connectivity index (χ0v) is 14.2. The van der Waals surface area contributed by atoms with Crippen molar-refractivity contribution in [3.63, 3.8) is 0 Å². The minimum absolute atomic E-state index is 0. The van der Waals surface area contributed by atoms with Crippen molar-refractivity contribution in [1.82, 2.24) is 10.2 Å². The van der Waals surface area contributed by atoms with Crippen molar-refractivity contribution in [2.75, 3.05) is 31.5 Å². The fraction of sp³-hybridized carbons (Fsp3) is 0.500. The molecule has 21 heavy (non-hydrogen) atoms. The highest BCUT2D eigenvalue weighted by Gasteiger charge is 2.18. The second-order valence-corrected chi connectivity index (χ2v) is 5.86. The Morgan fingerprint density at radius 2 is 2.24 bits per heavy atom. The Morgan fingerprint density at radius 3 is 2.95 bits per heavy atom. The van der Waals surface area contributed by atoms with Crippen LogP contribution in [0.15, 0.2) is 18.2 Å². The van der Waals surface area contributed by atoms with E-state index in [1.807, 2.05) is 0 Å². The van der Waals surface area contributed by atoms with Crippen LogP contribution < -0.4 is 10.6 Å². The van der Waals surface area contributed by atoms with Crippen LogP contribution in [-0.4, -0.2) is 43.0 Å². The molecule has 1 aromatic rings. The Hall–Kier alpha value is -0.520. The zero-order valence-electron chi connectivity index (χ0n) is 11.9. The van der Waals surface area contributed by atoms with E-state index in [9.17, 15) is 4.79 Å². The molecule has 1 aromatic carbocycles. The van der Waals surface area contributed by atoms with Crippen LogP contribution in [0.4, 0.5) is 5.69 Å². The van der Waals surface area contributed by atoms with E-state index in [4.69, 9.17) is 23.2 Å². The van der Waals surface area contributed by atoms with E-state index in [0.717, 1.165) is 26.2 Å². The molecule has 0 aliphatic carbocycles. The molecule has 0 saturated carbocycles. The van der Waals surface area contributed by atoms with Gasteiger partial charge >= 0.3 is 0 Å². The summed E-state index contributed by atoms with van der Waals surface area (Å²) in [5.41, 5.74) is 0.567. The maximum atomic E-state index is 12.0. The Kier molecular flexibility index (Phi) is 7.77. The minimum Gasteiger partial charge on any atom is -0.325 e. The van der Waals surface area contributed by atoms with E-state index in [1.165, 1.54) is 0 Å². The van der Waals surface area contributed by atoms with Gasteiger partial charge in [0.25, 0.3) is 0 Å². The van der Waals surface area contributed by atoms with E-state index in [0.29, 0.717) is 28.2 Å². The third-order valence-electron chi connectivity index (χ3n) is 3.47. The summed E-state index contributed by atoms with van der Waals surface area (Å²) < 4.78 is 0. The molecule has 4 nitrogen and oxygen atoms in total. The van der Waals surface area contributed by atoms with Crippen LogP contribution in [0.2, 0.25) is 10.0 Å². The lowest BCUT2D eigenvalue weighted by Gasteiger charge is -2.33. The summed E-state index contributed by atoms with van der Waals surface area (Å²) in [4.78, 5) is 14.3. The van der Waals surface area contributed by atoms with Crippen molar-refractivity contribution in [2.45, 2.75) is 19.4 Å². The second kappa shape index (κ2) is 8.81. The van der Waals surface area contributed by atoms with Crippen molar-refractivity contribution >= 4 is 47.2 Å². The number of hydrogen-bond donors (Lipinski definition) is 2. The Balaban J connectivity index is 0.00000220. The number of rotatable bonds is 4. The lowest BCUT2D eigenvalue weighted by molar-refractivity contribution is -0.116. The summed E-state index contributed by atoms with van der Waals surface area (Å²) in [5.74, 6) is -0.0418. The quantitative estimate of drug-likeness (QED) is 0.875. The first-order valence-electron chi connectivity index (χ1n) is 6.76. The molecule has 0 radical (unpaired) electrons. The van der Waals surface area contributed by atoms with Gasteiger partial charge in [0.15, 0.2) is 0 Å². The zero-order chi connectivity index (χ0) is 14.5. The predicted molar refractivity (Wildman–Crippen MR) is 90.9 cm³/mol. The summed E-state index contributed by atoms with van der Waals surface area (Å²) in [6, 6.07) is 5.50. The highest BCUT2D eigenvalue weighted by molar-refractivity contribution is 6.35. The summed E-state index contributed by atoms with van der Waals surface area (Å²) >= 11 is 11.9. The molecule has 1 fully saturated rings. The molecule has 1 heterocycles. The fourth-order valence-electron chi connectivity index (χ4n) is 2.27. The normalized spacial score (nSPS) is 18.9. The smallest absolute Gasteiger partial charge is 0.225 e. The minimum atomic E-state index is -0.0418. The molecule has 0 spiro atoms. The van der Waals surface area contributed by atoms with Crippen LogP contribution in [0, 0.1) is 0 Å². The maximum absolute atomic E-state index is 12.0. The van der Waals surface area contributed by atoms with Crippen molar-refractivity contribution in [3.05, 3.63) is 28.2 Å². The summed E-state index contributed by atoms with van der Waals surface area (Å²) in [7, 11) is 0. The Morgan fingerprint density at radius 1 is 1.48 bits per heavy atom. The molecule has 7 heteroatoms. The number of nitrogens with one attached hydrogen (secondary N) is 2. The fourth-order valence-corrected chi connectivity index (χ4v) is 2.60. The number of carbonyl (C=O) groups is 1. The molecule has 1 aliphatic heterocycles. The van der Waals surface area contributed by atoms with Gasteiger partial charge in [-0.05, 0) is 25.1 Å². The van der Waals surface area contributed by atoms with Crippen LogP contribution in [0.5, 0.6) is 0 Å².